The van der Waals surface area contributed by atoms with Crippen LogP contribution in [0.4, 0.5) is 4.79 Å². The van der Waals surface area contributed by atoms with Crippen molar-refractivity contribution in [1.29, 1.82) is 0 Å². The van der Waals surface area contributed by atoms with Gasteiger partial charge in [-0.15, -0.1) is 0 Å². The molecular weight excluding hydrogens is 392 g/mol. The van der Waals surface area contributed by atoms with Gasteiger partial charge in [0.05, 0.1) is 12.0 Å². The number of ether oxygens (including phenoxy) is 3. The summed E-state index contributed by atoms with van der Waals surface area (Å²) in [6.45, 7) is 7.17. The van der Waals surface area contributed by atoms with Crippen molar-refractivity contribution in [3.8, 4) is 11.5 Å². The lowest BCUT2D eigenvalue weighted by Crippen LogP contribution is -2.33. The van der Waals surface area contributed by atoms with E-state index in [0.717, 1.165) is 36.7 Å². The predicted molar refractivity (Wildman–Crippen MR) is 113 cm³/mol. The van der Waals surface area contributed by atoms with Crippen molar-refractivity contribution in [2.45, 2.75) is 45.6 Å². The van der Waals surface area contributed by atoms with Crippen LogP contribution in [0.25, 0.3) is 6.08 Å². The highest BCUT2D eigenvalue weighted by Gasteiger charge is 2.27. The number of nitrogens with zero attached hydrogens (tertiary/aromatic N) is 2. The van der Waals surface area contributed by atoms with Crippen LogP contribution in [0.3, 0.4) is 0 Å². The lowest BCUT2D eigenvalue weighted by atomic mass is 10.1. The highest BCUT2D eigenvalue weighted by Crippen LogP contribution is 2.34. The molecular formula is C21H26N2O5S. The summed E-state index contributed by atoms with van der Waals surface area (Å²) in [5.74, 6) is 0.390. The Balaban J connectivity index is 1.71. The zero-order chi connectivity index (χ0) is 21.0. The Morgan fingerprint density at radius 2 is 1.90 bits per heavy atom. The highest BCUT2D eigenvalue weighted by atomic mass is 32.2. The molecule has 0 N–H and O–H groups in total. The van der Waals surface area contributed by atoms with Gasteiger partial charge in [0.2, 0.25) is 0 Å². The molecule has 29 heavy (non-hydrogen) atoms. The van der Waals surface area contributed by atoms with Gasteiger partial charge in [-0.3, -0.25) is 4.79 Å². The molecule has 0 bridgehead atoms. The van der Waals surface area contributed by atoms with E-state index in [4.69, 9.17) is 14.2 Å². The van der Waals surface area contributed by atoms with E-state index in [1.807, 2.05) is 0 Å². The molecule has 0 radical (unpaired) electrons. The number of hydrogen-bond acceptors (Lipinski definition) is 7. The van der Waals surface area contributed by atoms with E-state index < -0.39 is 11.8 Å². The molecule has 0 aliphatic carbocycles. The average molecular weight is 419 g/mol. The van der Waals surface area contributed by atoms with Crippen molar-refractivity contribution >= 4 is 35.1 Å². The maximum Gasteiger partial charge on any atom is 0.514 e. The number of hydrogen-bond donors (Lipinski definition) is 0. The Labute approximate surface area is 175 Å². The van der Waals surface area contributed by atoms with Crippen LogP contribution in [0.15, 0.2) is 28.1 Å². The number of benzene rings is 1. The number of piperidine rings is 1. The maximum absolute atomic E-state index is 12.3. The topological polar surface area (TPSA) is 77.4 Å². The van der Waals surface area contributed by atoms with Crippen LogP contribution in [-0.2, 0) is 9.53 Å². The molecule has 156 valence electrons. The molecule has 0 saturated carbocycles. The molecule has 0 spiro atoms. The average Bonchev–Trinajstić information content (AvgIpc) is 3.02. The van der Waals surface area contributed by atoms with E-state index in [2.05, 4.69) is 9.89 Å². The van der Waals surface area contributed by atoms with Crippen LogP contribution in [0.1, 0.15) is 45.6 Å². The van der Waals surface area contributed by atoms with Gasteiger partial charge in [0.25, 0.3) is 5.91 Å². The Morgan fingerprint density at radius 3 is 2.55 bits per heavy atom. The third kappa shape index (κ3) is 5.76. The molecule has 3 rings (SSSR count). The third-order valence-corrected chi connectivity index (χ3v) is 5.35. The lowest BCUT2D eigenvalue weighted by molar-refractivity contribution is -0.113. The normalized spacial score (nSPS) is 18.6. The van der Waals surface area contributed by atoms with E-state index in [9.17, 15) is 9.59 Å². The van der Waals surface area contributed by atoms with Crippen molar-refractivity contribution in [2.24, 2.45) is 4.99 Å². The second-order valence-electron chi connectivity index (χ2n) is 7.83. The smallest absolute Gasteiger partial charge is 0.493 e. The largest absolute Gasteiger partial charge is 0.514 e. The first-order valence-corrected chi connectivity index (χ1v) is 10.4. The Hall–Kier alpha value is -2.48. The molecule has 1 aromatic carbocycles. The van der Waals surface area contributed by atoms with E-state index >= 15 is 0 Å². The quantitative estimate of drug-likeness (QED) is 0.407. The van der Waals surface area contributed by atoms with Crippen LogP contribution in [0.5, 0.6) is 11.5 Å². The van der Waals surface area contributed by atoms with Crippen LogP contribution in [0.2, 0.25) is 0 Å². The van der Waals surface area contributed by atoms with Crippen LogP contribution in [0, 0.1) is 0 Å². The molecule has 8 heteroatoms. The first-order chi connectivity index (χ1) is 13.7. The van der Waals surface area contributed by atoms with Gasteiger partial charge in [-0.25, -0.2) is 4.79 Å². The summed E-state index contributed by atoms with van der Waals surface area (Å²) in [5.41, 5.74) is 0.102. The molecule has 1 saturated heterocycles. The number of methoxy groups -OCH3 is 1. The van der Waals surface area contributed by atoms with Gasteiger partial charge in [-0.2, -0.15) is 4.99 Å². The Bertz CT molecular complexity index is 851. The number of aliphatic imine (C=N–C) groups is 1. The van der Waals surface area contributed by atoms with Gasteiger partial charge in [-0.1, -0.05) is 6.07 Å². The van der Waals surface area contributed by atoms with Crippen LogP contribution >= 0.6 is 11.8 Å². The van der Waals surface area contributed by atoms with Crippen molar-refractivity contribution in [3.63, 3.8) is 0 Å². The van der Waals surface area contributed by atoms with Gasteiger partial charge in [0.1, 0.15) is 5.60 Å². The minimum atomic E-state index is -0.803. The van der Waals surface area contributed by atoms with Crippen molar-refractivity contribution in [1.82, 2.24) is 4.90 Å². The fourth-order valence-electron chi connectivity index (χ4n) is 2.99. The number of carbonyl (C=O) groups excluding carboxylic acids is 2. The Morgan fingerprint density at radius 1 is 1.17 bits per heavy atom. The second-order valence-corrected chi connectivity index (χ2v) is 8.84. The predicted octanol–water partition coefficient (Wildman–Crippen LogP) is 4.47. The first-order valence-electron chi connectivity index (χ1n) is 9.61. The van der Waals surface area contributed by atoms with Crippen molar-refractivity contribution in [3.05, 3.63) is 28.7 Å². The monoisotopic (exact) mass is 418 g/mol. The molecule has 0 aromatic heterocycles. The standard InChI is InChI=1S/C21H26N2O5S/c1-21(2,3)28-20(25)27-15-9-8-14(12-16(15)26-4)13-17-18(24)22-19(29-17)23-10-6-5-7-11-23/h8-9,12-13H,5-7,10-11H2,1-4H3/b17-13-. The van der Waals surface area contributed by atoms with Crippen LogP contribution in [-0.4, -0.2) is 47.9 Å². The molecule has 2 aliphatic rings. The number of rotatable bonds is 3. The molecule has 7 nitrogen and oxygen atoms in total. The van der Waals surface area contributed by atoms with Crippen LogP contribution < -0.4 is 9.47 Å². The molecule has 2 aliphatic heterocycles. The summed E-state index contributed by atoms with van der Waals surface area (Å²) in [7, 11) is 1.49. The molecule has 2 heterocycles. The van der Waals surface area contributed by atoms with Crippen molar-refractivity contribution in [2.75, 3.05) is 20.2 Å². The third-order valence-electron chi connectivity index (χ3n) is 4.30. The number of thioether (sulfide) groups is 1. The number of amides is 1. The zero-order valence-electron chi connectivity index (χ0n) is 17.2. The highest BCUT2D eigenvalue weighted by molar-refractivity contribution is 8.18. The first kappa shape index (κ1) is 21.2. The number of amidine groups is 1. The van der Waals surface area contributed by atoms with Gasteiger partial charge in [-0.05, 0) is 75.6 Å². The van der Waals surface area contributed by atoms with Gasteiger partial charge in [0.15, 0.2) is 16.7 Å². The summed E-state index contributed by atoms with van der Waals surface area (Å²) in [5, 5.41) is 0.776. The molecule has 0 unspecified atom stereocenters. The fourth-order valence-corrected chi connectivity index (χ4v) is 3.95. The maximum atomic E-state index is 12.3. The summed E-state index contributed by atoms with van der Waals surface area (Å²) in [6.07, 6.45) is 4.45. The molecule has 1 fully saturated rings. The summed E-state index contributed by atoms with van der Waals surface area (Å²) in [4.78, 5) is 31.2. The van der Waals surface area contributed by atoms with E-state index in [-0.39, 0.29) is 11.7 Å². The van der Waals surface area contributed by atoms with Gasteiger partial charge < -0.3 is 19.1 Å². The second kappa shape index (κ2) is 8.90. The molecule has 1 amide bonds. The minimum Gasteiger partial charge on any atom is -0.493 e. The summed E-state index contributed by atoms with van der Waals surface area (Å²) in [6, 6.07) is 5.08. The summed E-state index contributed by atoms with van der Waals surface area (Å²) < 4.78 is 15.7. The summed E-state index contributed by atoms with van der Waals surface area (Å²) >= 11 is 1.40. The van der Waals surface area contributed by atoms with Gasteiger partial charge in [0, 0.05) is 13.1 Å². The molecule has 1 aromatic rings. The van der Waals surface area contributed by atoms with Gasteiger partial charge >= 0.3 is 6.16 Å². The van der Waals surface area contributed by atoms with Crippen molar-refractivity contribution < 1.29 is 23.8 Å². The number of carbonyl (C=O) groups is 2. The van der Waals surface area contributed by atoms with E-state index in [1.54, 1.807) is 45.0 Å². The minimum absolute atomic E-state index is 0.233. The Kier molecular flexibility index (Phi) is 6.52. The SMILES string of the molecule is COc1cc(/C=C2\SC(N3CCCCC3)=NC2=O)ccc1OC(=O)OC(C)(C)C. The fraction of sp³-hybridized carbons (Fsp3) is 0.476. The lowest BCUT2D eigenvalue weighted by Gasteiger charge is -2.27. The zero-order valence-corrected chi connectivity index (χ0v) is 18.0. The number of likely N-dealkylation sites (tertiary alicyclic amines) is 1. The van der Waals surface area contributed by atoms with E-state index in [1.165, 1.54) is 25.3 Å². The van der Waals surface area contributed by atoms with E-state index in [0.29, 0.717) is 10.7 Å². The molecule has 0 atom stereocenters.